The number of hydrogen-bond donors (Lipinski definition) is 1. The van der Waals surface area contributed by atoms with Gasteiger partial charge in [0.15, 0.2) is 0 Å². The van der Waals surface area contributed by atoms with Gasteiger partial charge in [0.2, 0.25) is 0 Å². The maximum atomic E-state index is 15.0. The van der Waals surface area contributed by atoms with E-state index in [4.69, 9.17) is 10.00 Å². The lowest BCUT2D eigenvalue weighted by molar-refractivity contribution is -0.140. The molecule has 0 bridgehead atoms. The summed E-state index contributed by atoms with van der Waals surface area (Å²) in [4.78, 5) is 25.3. The topological polar surface area (TPSA) is 88.4 Å². The third-order valence-electron chi connectivity index (χ3n) is 4.49. The summed E-state index contributed by atoms with van der Waals surface area (Å²) in [7, 11) is 1.02. The maximum absolute atomic E-state index is 15.0. The summed E-state index contributed by atoms with van der Waals surface area (Å²) in [6.45, 7) is 3.81. The number of allylic oxidation sites excluding steroid dienone is 2. The molecule has 0 aromatic heterocycles. The molecule has 0 saturated carbocycles. The molecule has 1 atom stereocenters. The number of alkyl halides is 1. The Morgan fingerprint density at radius 2 is 1.90 bits per heavy atom. The number of carbonyl (C=O) groups excluding carboxylic acids is 2. The van der Waals surface area contributed by atoms with Crippen molar-refractivity contribution >= 4 is 11.9 Å². The van der Waals surface area contributed by atoms with Crippen LogP contribution in [0.3, 0.4) is 0 Å². The number of esters is 2. The first-order valence-corrected chi connectivity index (χ1v) is 9.08. The first-order chi connectivity index (χ1) is 14.2. The summed E-state index contributed by atoms with van der Waals surface area (Å²) in [6, 6.07) is 3.36. The molecule has 1 aliphatic heterocycles. The molecule has 1 aromatic carbocycles. The van der Waals surface area contributed by atoms with Crippen molar-refractivity contribution in [2.24, 2.45) is 5.92 Å². The Morgan fingerprint density at radius 3 is 2.43 bits per heavy atom. The van der Waals surface area contributed by atoms with Gasteiger partial charge in [0.1, 0.15) is 24.4 Å². The number of halogens is 3. The molecule has 0 saturated heterocycles. The quantitative estimate of drug-likeness (QED) is 0.707. The number of nitrogens with one attached hydrogen (secondary N) is 1. The molecule has 160 valence electrons. The Kier molecular flexibility index (Phi) is 7.27. The van der Waals surface area contributed by atoms with Gasteiger partial charge in [0.05, 0.1) is 42.0 Å². The average molecular weight is 422 g/mol. The van der Waals surface area contributed by atoms with Crippen molar-refractivity contribution in [2.75, 3.05) is 20.4 Å². The number of benzene rings is 1. The van der Waals surface area contributed by atoms with Gasteiger partial charge in [0, 0.05) is 11.3 Å². The van der Waals surface area contributed by atoms with Crippen LogP contribution in [0, 0.1) is 28.9 Å². The molecule has 0 fully saturated rings. The van der Waals surface area contributed by atoms with Gasteiger partial charge in [-0.15, -0.1) is 0 Å². The molecule has 0 amide bonds. The second-order valence-electron chi connectivity index (χ2n) is 7.04. The highest BCUT2D eigenvalue weighted by atomic mass is 19.1. The van der Waals surface area contributed by atoms with Gasteiger partial charge >= 0.3 is 11.9 Å². The van der Waals surface area contributed by atoms with Crippen LogP contribution in [0.1, 0.15) is 37.8 Å². The van der Waals surface area contributed by atoms with Crippen molar-refractivity contribution in [2.45, 2.75) is 26.7 Å². The Hall–Kier alpha value is -3.28. The zero-order chi connectivity index (χ0) is 22.6. The van der Waals surface area contributed by atoms with Crippen LogP contribution in [-0.4, -0.2) is 32.3 Å². The van der Waals surface area contributed by atoms with Crippen LogP contribution < -0.4 is 5.32 Å². The summed E-state index contributed by atoms with van der Waals surface area (Å²) >= 11 is 0. The standard InChI is InChI=1S/C21H21F3N2O4/c1-10(2)9-30-21(28)15-11(3)26-14(7-22)17(20(27)29-4)18(15)16-13(23)6-5-12(8-25)19(16)24/h5-6,10,18,26H,7,9H2,1-4H3. The Balaban J connectivity index is 2.82. The van der Waals surface area contributed by atoms with E-state index in [1.165, 1.54) is 6.92 Å². The summed E-state index contributed by atoms with van der Waals surface area (Å²) in [6.07, 6.45) is 0. The number of ether oxygens (including phenoxy) is 2. The molecule has 2 rings (SSSR count). The minimum absolute atomic E-state index is 0.0127. The molecule has 0 radical (unpaired) electrons. The van der Waals surface area contributed by atoms with Crippen molar-refractivity contribution in [3.05, 3.63) is 57.4 Å². The van der Waals surface area contributed by atoms with Gasteiger partial charge in [-0.1, -0.05) is 13.8 Å². The number of nitrogens with zero attached hydrogens (tertiary/aromatic N) is 1. The molecular formula is C21H21F3N2O4. The Labute approximate surface area is 172 Å². The third kappa shape index (κ3) is 4.32. The zero-order valence-corrected chi connectivity index (χ0v) is 16.9. The van der Waals surface area contributed by atoms with Gasteiger partial charge in [0.25, 0.3) is 0 Å². The normalized spacial score (nSPS) is 16.3. The first-order valence-electron chi connectivity index (χ1n) is 9.08. The van der Waals surface area contributed by atoms with E-state index < -0.39 is 52.9 Å². The van der Waals surface area contributed by atoms with E-state index in [1.807, 2.05) is 0 Å². The molecule has 1 heterocycles. The lowest BCUT2D eigenvalue weighted by atomic mass is 9.79. The number of dihydropyridines is 1. The Bertz CT molecular complexity index is 977. The monoisotopic (exact) mass is 422 g/mol. The lowest BCUT2D eigenvalue weighted by Gasteiger charge is -2.31. The highest BCUT2D eigenvalue weighted by Gasteiger charge is 2.42. The smallest absolute Gasteiger partial charge is 0.336 e. The summed E-state index contributed by atoms with van der Waals surface area (Å²) in [5.41, 5.74) is -2.22. The van der Waals surface area contributed by atoms with Crippen molar-refractivity contribution in [3.8, 4) is 6.07 Å². The van der Waals surface area contributed by atoms with Gasteiger partial charge in [-0.2, -0.15) is 5.26 Å². The van der Waals surface area contributed by atoms with Crippen LogP contribution >= 0.6 is 0 Å². The molecule has 9 heteroatoms. The predicted octanol–water partition coefficient (Wildman–Crippen LogP) is 3.39. The zero-order valence-electron chi connectivity index (χ0n) is 16.9. The predicted molar refractivity (Wildman–Crippen MR) is 100 cm³/mol. The molecule has 0 spiro atoms. The summed E-state index contributed by atoms with van der Waals surface area (Å²) < 4.78 is 53.4. The highest BCUT2D eigenvalue weighted by molar-refractivity contribution is 6.00. The number of nitriles is 1. The number of carbonyl (C=O) groups is 2. The summed E-state index contributed by atoms with van der Waals surface area (Å²) in [5.74, 6) is -6.08. The van der Waals surface area contributed by atoms with E-state index in [0.29, 0.717) is 0 Å². The fraction of sp³-hybridized carbons (Fsp3) is 0.381. The van der Waals surface area contributed by atoms with E-state index in [9.17, 15) is 18.4 Å². The van der Waals surface area contributed by atoms with Crippen molar-refractivity contribution in [1.82, 2.24) is 5.32 Å². The molecule has 30 heavy (non-hydrogen) atoms. The molecule has 1 aliphatic rings. The van der Waals surface area contributed by atoms with E-state index in [-0.39, 0.29) is 29.5 Å². The fourth-order valence-electron chi connectivity index (χ4n) is 3.15. The number of hydrogen-bond acceptors (Lipinski definition) is 6. The molecule has 6 nitrogen and oxygen atoms in total. The van der Waals surface area contributed by atoms with Crippen LogP contribution in [0.2, 0.25) is 0 Å². The van der Waals surface area contributed by atoms with Gasteiger partial charge in [-0.05, 0) is 25.0 Å². The van der Waals surface area contributed by atoms with Gasteiger partial charge < -0.3 is 14.8 Å². The minimum Gasteiger partial charge on any atom is -0.466 e. The molecule has 0 aliphatic carbocycles. The average Bonchev–Trinajstić information content (AvgIpc) is 2.71. The van der Waals surface area contributed by atoms with Crippen LogP contribution in [0.25, 0.3) is 0 Å². The van der Waals surface area contributed by atoms with E-state index in [0.717, 1.165) is 19.2 Å². The largest absolute Gasteiger partial charge is 0.466 e. The van der Waals surface area contributed by atoms with E-state index >= 15 is 4.39 Å². The van der Waals surface area contributed by atoms with Crippen LogP contribution in [-0.2, 0) is 19.1 Å². The van der Waals surface area contributed by atoms with Crippen LogP contribution in [0.15, 0.2) is 34.7 Å². The van der Waals surface area contributed by atoms with Crippen LogP contribution in [0.4, 0.5) is 13.2 Å². The second-order valence-corrected chi connectivity index (χ2v) is 7.04. The van der Waals surface area contributed by atoms with E-state index in [2.05, 4.69) is 10.1 Å². The maximum Gasteiger partial charge on any atom is 0.336 e. The number of rotatable bonds is 6. The molecule has 1 N–H and O–H groups in total. The highest BCUT2D eigenvalue weighted by Crippen LogP contribution is 2.42. The van der Waals surface area contributed by atoms with Crippen molar-refractivity contribution in [1.29, 1.82) is 5.26 Å². The van der Waals surface area contributed by atoms with Crippen molar-refractivity contribution < 1.29 is 32.2 Å². The first kappa shape index (κ1) is 23.0. The SMILES string of the molecule is COC(=O)C1=C(CF)NC(C)=C(C(=O)OCC(C)C)C1c1c(F)ccc(C#N)c1F. The second kappa shape index (κ2) is 9.48. The van der Waals surface area contributed by atoms with Crippen LogP contribution in [0.5, 0.6) is 0 Å². The molecular weight excluding hydrogens is 401 g/mol. The third-order valence-corrected chi connectivity index (χ3v) is 4.49. The van der Waals surface area contributed by atoms with Gasteiger partial charge in [-0.25, -0.2) is 22.8 Å². The molecule has 1 aromatic rings. The number of methoxy groups -OCH3 is 1. The van der Waals surface area contributed by atoms with E-state index in [1.54, 1.807) is 19.9 Å². The van der Waals surface area contributed by atoms with Gasteiger partial charge in [-0.3, -0.25) is 0 Å². The summed E-state index contributed by atoms with van der Waals surface area (Å²) in [5, 5.41) is 11.7. The fourth-order valence-corrected chi connectivity index (χ4v) is 3.15. The Morgan fingerprint density at radius 1 is 1.23 bits per heavy atom. The van der Waals surface area contributed by atoms with Crippen molar-refractivity contribution in [3.63, 3.8) is 0 Å². The minimum atomic E-state index is -1.67. The molecule has 1 unspecified atom stereocenters. The lowest BCUT2D eigenvalue weighted by Crippen LogP contribution is -2.35.